The van der Waals surface area contributed by atoms with Gasteiger partial charge in [-0.05, 0) is 43.4 Å². The van der Waals surface area contributed by atoms with Crippen LogP contribution in [0.5, 0.6) is 0 Å². The Bertz CT molecular complexity index is 409. The lowest BCUT2D eigenvalue weighted by atomic mass is 10.1. The van der Waals surface area contributed by atoms with Crippen molar-refractivity contribution < 1.29 is 9.50 Å². The van der Waals surface area contributed by atoms with E-state index in [9.17, 15) is 9.50 Å². The van der Waals surface area contributed by atoms with Gasteiger partial charge >= 0.3 is 0 Å². The molecule has 2 aliphatic carbocycles. The summed E-state index contributed by atoms with van der Waals surface area (Å²) in [6.07, 6.45) is 7.22. The zero-order valence-corrected chi connectivity index (χ0v) is 11.3. The van der Waals surface area contributed by atoms with Crippen LogP contribution in [0.1, 0.15) is 50.2 Å². The van der Waals surface area contributed by atoms with Crippen LogP contribution in [0.2, 0.25) is 0 Å². The second-order valence-corrected chi connectivity index (χ2v) is 5.93. The van der Waals surface area contributed by atoms with Crippen molar-refractivity contribution in [2.45, 2.75) is 56.7 Å². The number of benzene rings is 1. The second-order valence-electron chi connectivity index (χ2n) is 5.93. The van der Waals surface area contributed by atoms with Crippen LogP contribution >= 0.6 is 0 Å². The molecule has 0 aromatic heterocycles. The van der Waals surface area contributed by atoms with Gasteiger partial charge in [0, 0.05) is 18.6 Å². The number of hydrogen-bond donors (Lipinski definition) is 1. The number of rotatable bonds is 5. The van der Waals surface area contributed by atoms with Crippen LogP contribution in [0.25, 0.3) is 0 Å². The number of aliphatic hydroxyl groups is 1. The molecule has 1 aromatic carbocycles. The Balaban J connectivity index is 1.65. The molecule has 0 aliphatic heterocycles. The van der Waals surface area contributed by atoms with Crippen molar-refractivity contribution in [3.05, 3.63) is 35.6 Å². The highest BCUT2D eigenvalue weighted by Gasteiger charge is 2.36. The Morgan fingerprint density at radius 3 is 2.21 bits per heavy atom. The first-order valence-electron chi connectivity index (χ1n) is 7.43. The summed E-state index contributed by atoms with van der Waals surface area (Å²) in [5, 5.41) is 10.4. The zero-order chi connectivity index (χ0) is 13.2. The average Bonchev–Trinajstić information content (AvgIpc) is 3.11. The molecule has 1 aromatic rings. The maximum absolute atomic E-state index is 12.9. The quantitative estimate of drug-likeness (QED) is 0.881. The molecule has 0 saturated heterocycles. The van der Waals surface area contributed by atoms with Crippen LogP contribution < -0.4 is 0 Å². The highest BCUT2D eigenvalue weighted by Crippen LogP contribution is 2.35. The van der Waals surface area contributed by atoms with Gasteiger partial charge in [0.15, 0.2) is 0 Å². The Morgan fingerprint density at radius 2 is 1.63 bits per heavy atom. The van der Waals surface area contributed by atoms with E-state index >= 15 is 0 Å². The summed E-state index contributed by atoms with van der Waals surface area (Å²) in [5.41, 5.74) is 0.824. The Kier molecular flexibility index (Phi) is 3.85. The summed E-state index contributed by atoms with van der Waals surface area (Å²) < 4.78 is 12.9. The summed E-state index contributed by atoms with van der Waals surface area (Å²) in [6.45, 7) is 0.695. The predicted octanol–water partition coefficient (Wildman–Crippen LogP) is 3.27. The maximum Gasteiger partial charge on any atom is 0.123 e. The second kappa shape index (κ2) is 5.59. The van der Waals surface area contributed by atoms with Crippen molar-refractivity contribution in [2.75, 3.05) is 6.54 Å². The van der Waals surface area contributed by atoms with Gasteiger partial charge in [-0.3, -0.25) is 4.90 Å². The Hall–Kier alpha value is -0.930. The zero-order valence-electron chi connectivity index (χ0n) is 11.3. The monoisotopic (exact) mass is 263 g/mol. The lowest BCUT2D eigenvalue weighted by Gasteiger charge is -2.31. The number of aliphatic hydroxyl groups excluding tert-OH is 1. The number of nitrogens with zero attached hydrogens (tertiary/aromatic N) is 1. The molecule has 2 nitrogen and oxygen atoms in total. The third-order valence-electron chi connectivity index (χ3n) is 4.45. The fourth-order valence-electron chi connectivity index (χ4n) is 3.23. The van der Waals surface area contributed by atoms with Gasteiger partial charge in [-0.25, -0.2) is 4.39 Å². The third-order valence-corrected chi connectivity index (χ3v) is 4.45. The van der Waals surface area contributed by atoms with E-state index in [1.54, 1.807) is 12.1 Å². The molecule has 104 valence electrons. The molecule has 3 heteroatoms. The van der Waals surface area contributed by atoms with E-state index in [0.29, 0.717) is 18.6 Å². The molecule has 0 radical (unpaired) electrons. The molecule has 2 fully saturated rings. The first-order valence-corrected chi connectivity index (χ1v) is 7.43. The van der Waals surface area contributed by atoms with Crippen molar-refractivity contribution in [1.29, 1.82) is 0 Å². The molecule has 0 heterocycles. The Labute approximate surface area is 114 Å². The minimum atomic E-state index is -0.498. The topological polar surface area (TPSA) is 23.5 Å². The van der Waals surface area contributed by atoms with Crippen molar-refractivity contribution in [3.8, 4) is 0 Å². The lowest BCUT2D eigenvalue weighted by molar-refractivity contribution is 0.0821. The normalized spacial score (nSPS) is 22.1. The standard InChI is InChI=1S/C16H22FNO/c17-13-7-5-12(6-8-13)16(19)11-18(15-9-10-15)14-3-1-2-4-14/h5-8,14-16,19H,1-4,9-11H2. The van der Waals surface area contributed by atoms with Crippen LogP contribution in [0.3, 0.4) is 0 Å². The van der Waals surface area contributed by atoms with Gasteiger partial charge in [0.05, 0.1) is 6.10 Å². The van der Waals surface area contributed by atoms with Crippen LogP contribution in [-0.2, 0) is 0 Å². The van der Waals surface area contributed by atoms with E-state index in [4.69, 9.17) is 0 Å². The molecule has 2 saturated carbocycles. The maximum atomic E-state index is 12.9. The summed E-state index contributed by atoms with van der Waals surface area (Å²) in [4.78, 5) is 2.50. The summed E-state index contributed by atoms with van der Waals surface area (Å²) in [5.74, 6) is -0.245. The van der Waals surface area contributed by atoms with Gasteiger partial charge in [-0.1, -0.05) is 25.0 Å². The predicted molar refractivity (Wildman–Crippen MR) is 73.3 cm³/mol. The highest BCUT2D eigenvalue weighted by atomic mass is 19.1. The van der Waals surface area contributed by atoms with Crippen LogP contribution in [-0.4, -0.2) is 28.6 Å². The molecule has 1 N–H and O–H groups in total. The molecule has 0 bridgehead atoms. The van der Waals surface area contributed by atoms with Gasteiger partial charge < -0.3 is 5.11 Å². The van der Waals surface area contributed by atoms with Crippen molar-refractivity contribution >= 4 is 0 Å². The average molecular weight is 263 g/mol. The van der Waals surface area contributed by atoms with Gasteiger partial charge in [0.2, 0.25) is 0 Å². The van der Waals surface area contributed by atoms with E-state index in [1.807, 2.05) is 0 Å². The summed E-state index contributed by atoms with van der Waals surface area (Å²) in [7, 11) is 0. The van der Waals surface area contributed by atoms with E-state index < -0.39 is 6.10 Å². The van der Waals surface area contributed by atoms with E-state index in [-0.39, 0.29) is 5.82 Å². The van der Waals surface area contributed by atoms with E-state index in [0.717, 1.165) is 5.56 Å². The van der Waals surface area contributed by atoms with E-state index in [1.165, 1.54) is 50.7 Å². The fourth-order valence-corrected chi connectivity index (χ4v) is 3.23. The summed E-state index contributed by atoms with van der Waals surface area (Å²) >= 11 is 0. The molecule has 19 heavy (non-hydrogen) atoms. The fraction of sp³-hybridized carbons (Fsp3) is 0.625. The van der Waals surface area contributed by atoms with Gasteiger partial charge in [-0.15, -0.1) is 0 Å². The van der Waals surface area contributed by atoms with Crippen LogP contribution in [0, 0.1) is 5.82 Å². The van der Waals surface area contributed by atoms with Crippen LogP contribution in [0.15, 0.2) is 24.3 Å². The first-order chi connectivity index (χ1) is 9.24. The lowest BCUT2D eigenvalue weighted by Crippen LogP contribution is -2.38. The minimum Gasteiger partial charge on any atom is -0.387 e. The molecule has 3 rings (SSSR count). The van der Waals surface area contributed by atoms with Crippen LogP contribution in [0.4, 0.5) is 4.39 Å². The van der Waals surface area contributed by atoms with Gasteiger partial charge in [0.25, 0.3) is 0 Å². The number of hydrogen-bond acceptors (Lipinski definition) is 2. The van der Waals surface area contributed by atoms with E-state index in [2.05, 4.69) is 4.90 Å². The minimum absolute atomic E-state index is 0.245. The third kappa shape index (κ3) is 3.15. The summed E-state index contributed by atoms with van der Waals surface area (Å²) in [6, 6.07) is 7.57. The molecule has 1 unspecified atom stereocenters. The van der Waals surface area contributed by atoms with Crippen molar-refractivity contribution in [3.63, 3.8) is 0 Å². The Morgan fingerprint density at radius 1 is 1.05 bits per heavy atom. The largest absolute Gasteiger partial charge is 0.387 e. The van der Waals surface area contributed by atoms with Gasteiger partial charge in [0.1, 0.15) is 5.82 Å². The molecule has 0 amide bonds. The highest BCUT2D eigenvalue weighted by molar-refractivity contribution is 5.19. The number of halogens is 1. The molecule has 0 spiro atoms. The first kappa shape index (κ1) is 13.1. The molecule has 1 atom stereocenters. The van der Waals surface area contributed by atoms with Crippen molar-refractivity contribution in [2.24, 2.45) is 0 Å². The molecular weight excluding hydrogens is 241 g/mol. The molecule has 2 aliphatic rings. The van der Waals surface area contributed by atoms with Crippen molar-refractivity contribution in [1.82, 2.24) is 4.90 Å². The SMILES string of the molecule is OC(CN(C1CCCC1)C1CC1)c1ccc(F)cc1. The smallest absolute Gasteiger partial charge is 0.123 e. The van der Waals surface area contributed by atoms with Gasteiger partial charge in [-0.2, -0.15) is 0 Å². The molecular formula is C16H22FNO.